The summed E-state index contributed by atoms with van der Waals surface area (Å²) in [6.07, 6.45) is 2.39. The molecule has 1 aliphatic heterocycles. The summed E-state index contributed by atoms with van der Waals surface area (Å²) in [5.74, 6) is -0.546. The number of hydrogen-bond donors (Lipinski definition) is 1. The van der Waals surface area contributed by atoms with Gasteiger partial charge in [0.2, 0.25) is 0 Å². The van der Waals surface area contributed by atoms with Crippen LogP contribution in [0.25, 0.3) is 5.57 Å². The van der Waals surface area contributed by atoms with E-state index < -0.39 is 11.8 Å². The van der Waals surface area contributed by atoms with E-state index in [4.69, 9.17) is 4.74 Å². The molecule has 0 fully saturated rings. The number of benzene rings is 2. The molecule has 0 unspecified atom stereocenters. The van der Waals surface area contributed by atoms with Crippen molar-refractivity contribution in [1.29, 1.82) is 0 Å². The minimum absolute atomic E-state index is 0.105. The number of nitrogens with zero attached hydrogens (tertiary/aromatic N) is 1. The molecule has 28 heavy (non-hydrogen) atoms. The van der Waals surface area contributed by atoms with Crippen LogP contribution in [0.5, 0.6) is 5.75 Å². The van der Waals surface area contributed by atoms with Gasteiger partial charge in [-0.15, -0.1) is 6.58 Å². The van der Waals surface area contributed by atoms with Crippen LogP contribution in [0.3, 0.4) is 0 Å². The van der Waals surface area contributed by atoms with Crippen molar-refractivity contribution in [2.75, 3.05) is 18.5 Å². The Kier molecular flexibility index (Phi) is 5.89. The van der Waals surface area contributed by atoms with Crippen molar-refractivity contribution in [2.24, 2.45) is 0 Å². The smallest absolute Gasteiger partial charge is 0.278 e. The molecule has 0 spiro atoms. The number of halogens is 1. The van der Waals surface area contributed by atoms with Gasteiger partial charge in [0.25, 0.3) is 11.8 Å². The van der Waals surface area contributed by atoms with Crippen molar-refractivity contribution >= 4 is 23.1 Å². The summed E-state index contributed by atoms with van der Waals surface area (Å²) in [4.78, 5) is 26.8. The number of carbonyl (C=O) groups excluding carboxylic acids is 2. The molecule has 0 aromatic heterocycles. The maximum atomic E-state index is 13.2. The summed E-state index contributed by atoms with van der Waals surface area (Å²) in [5.41, 5.74) is 1.52. The number of rotatable bonds is 8. The molecular weight excluding hydrogens is 359 g/mol. The minimum atomic E-state index is -0.449. The first kappa shape index (κ1) is 19.4. The van der Waals surface area contributed by atoms with Crippen molar-refractivity contribution in [2.45, 2.75) is 13.3 Å². The Morgan fingerprint density at radius 3 is 2.36 bits per heavy atom. The minimum Gasteiger partial charge on any atom is -0.494 e. The van der Waals surface area contributed by atoms with Gasteiger partial charge in [-0.2, -0.15) is 0 Å². The highest BCUT2D eigenvalue weighted by molar-refractivity contribution is 6.36. The zero-order valence-electron chi connectivity index (χ0n) is 15.6. The van der Waals surface area contributed by atoms with E-state index in [0.29, 0.717) is 23.6 Å². The van der Waals surface area contributed by atoms with Crippen LogP contribution in [0.15, 0.2) is 66.9 Å². The first-order valence-corrected chi connectivity index (χ1v) is 9.02. The molecule has 1 N–H and O–H groups in total. The fourth-order valence-corrected chi connectivity index (χ4v) is 2.87. The molecule has 2 aromatic carbocycles. The molecule has 0 bridgehead atoms. The van der Waals surface area contributed by atoms with Gasteiger partial charge >= 0.3 is 0 Å². The number of ether oxygens (including phenoxy) is 1. The molecule has 5 nitrogen and oxygen atoms in total. The van der Waals surface area contributed by atoms with Crippen LogP contribution in [-0.2, 0) is 9.59 Å². The number of amides is 2. The Hall–Kier alpha value is -3.41. The second-order valence-electron chi connectivity index (χ2n) is 6.26. The predicted molar refractivity (Wildman–Crippen MR) is 106 cm³/mol. The van der Waals surface area contributed by atoms with Gasteiger partial charge in [0, 0.05) is 12.2 Å². The molecule has 0 aliphatic carbocycles. The average Bonchev–Trinajstić information content (AvgIpc) is 2.93. The number of imide groups is 1. The topological polar surface area (TPSA) is 58.6 Å². The van der Waals surface area contributed by atoms with Gasteiger partial charge in [0.05, 0.1) is 12.2 Å². The number of nitrogens with one attached hydrogen (secondary N) is 1. The van der Waals surface area contributed by atoms with Crippen LogP contribution in [-0.4, -0.2) is 29.9 Å². The SMILES string of the molecule is C=CCN1C(=O)C(Nc2ccc(F)cc2)=C(c2ccc(OCCC)cc2)C1=O. The van der Waals surface area contributed by atoms with E-state index in [1.54, 1.807) is 24.3 Å². The van der Waals surface area contributed by atoms with E-state index in [0.717, 1.165) is 11.3 Å². The van der Waals surface area contributed by atoms with E-state index >= 15 is 0 Å². The molecule has 0 saturated heterocycles. The van der Waals surface area contributed by atoms with Crippen molar-refractivity contribution in [3.63, 3.8) is 0 Å². The number of carbonyl (C=O) groups is 2. The van der Waals surface area contributed by atoms with E-state index in [1.165, 1.54) is 30.3 Å². The quantitative estimate of drug-likeness (QED) is 0.556. The third-order valence-corrected chi connectivity index (χ3v) is 4.21. The van der Waals surface area contributed by atoms with Gasteiger partial charge in [-0.05, 0) is 48.4 Å². The summed E-state index contributed by atoms with van der Waals surface area (Å²) in [5, 5.41) is 2.97. The second-order valence-corrected chi connectivity index (χ2v) is 6.26. The Labute approximate surface area is 163 Å². The van der Waals surface area contributed by atoms with Crippen LogP contribution < -0.4 is 10.1 Å². The molecule has 2 aromatic rings. The van der Waals surface area contributed by atoms with Crippen LogP contribution >= 0.6 is 0 Å². The Bertz CT molecular complexity index is 918. The standard InChI is InChI=1S/C22H21FN2O3/c1-3-13-25-21(26)19(15-5-11-18(12-6-15)28-14-4-2)20(22(25)27)24-17-9-7-16(23)8-10-17/h3,5-12,24H,1,4,13-14H2,2H3. The zero-order chi connectivity index (χ0) is 20.1. The molecule has 3 rings (SSSR count). The van der Waals surface area contributed by atoms with Gasteiger partial charge in [0.15, 0.2) is 0 Å². The summed E-state index contributed by atoms with van der Waals surface area (Å²) in [6.45, 7) is 6.33. The van der Waals surface area contributed by atoms with Crippen molar-refractivity contribution in [1.82, 2.24) is 4.90 Å². The van der Waals surface area contributed by atoms with Crippen molar-refractivity contribution in [3.8, 4) is 5.75 Å². The molecule has 1 heterocycles. The zero-order valence-corrected chi connectivity index (χ0v) is 15.6. The lowest BCUT2D eigenvalue weighted by Gasteiger charge is -2.12. The molecule has 0 saturated carbocycles. The molecule has 0 radical (unpaired) electrons. The largest absolute Gasteiger partial charge is 0.494 e. The van der Waals surface area contributed by atoms with E-state index in [2.05, 4.69) is 11.9 Å². The van der Waals surface area contributed by atoms with E-state index in [9.17, 15) is 14.0 Å². The van der Waals surface area contributed by atoms with Crippen LogP contribution in [0.2, 0.25) is 0 Å². The number of hydrogen-bond acceptors (Lipinski definition) is 4. The van der Waals surface area contributed by atoms with Gasteiger partial charge in [0.1, 0.15) is 17.3 Å². The third kappa shape index (κ3) is 3.96. The lowest BCUT2D eigenvalue weighted by Crippen LogP contribution is -2.32. The highest BCUT2D eigenvalue weighted by atomic mass is 19.1. The summed E-state index contributed by atoms with van der Waals surface area (Å²) in [7, 11) is 0. The Morgan fingerprint density at radius 1 is 1.07 bits per heavy atom. The fourth-order valence-electron chi connectivity index (χ4n) is 2.87. The van der Waals surface area contributed by atoms with Gasteiger partial charge < -0.3 is 10.1 Å². The first-order chi connectivity index (χ1) is 13.5. The average molecular weight is 380 g/mol. The maximum absolute atomic E-state index is 13.2. The van der Waals surface area contributed by atoms with Crippen LogP contribution in [0, 0.1) is 5.82 Å². The summed E-state index contributed by atoms with van der Waals surface area (Å²) < 4.78 is 18.7. The summed E-state index contributed by atoms with van der Waals surface area (Å²) >= 11 is 0. The van der Waals surface area contributed by atoms with Crippen molar-refractivity contribution < 1.29 is 18.7 Å². The molecular formula is C22H21FN2O3. The van der Waals surface area contributed by atoms with Crippen LogP contribution in [0.1, 0.15) is 18.9 Å². The fraction of sp³-hybridized carbons (Fsp3) is 0.182. The van der Waals surface area contributed by atoms with Crippen LogP contribution in [0.4, 0.5) is 10.1 Å². The lowest BCUT2D eigenvalue weighted by molar-refractivity contribution is -0.136. The van der Waals surface area contributed by atoms with Gasteiger partial charge in [-0.3, -0.25) is 14.5 Å². The Balaban J connectivity index is 1.98. The van der Waals surface area contributed by atoms with E-state index in [-0.39, 0.29) is 23.6 Å². The van der Waals surface area contributed by atoms with Gasteiger partial charge in [-0.25, -0.2) is 4.39 Å². The highest BCUT2D eigenvalue weighted by Crippen LogP contribution is 2.31. The highest BCUT2D eigenvalue weighted by Gasteiger charge is 2.38. The van der Waals surface area contributed by atoms with E-state index in [1.807, 2.05) is 6.92 Å². The van der Waals surface area contributed by atoms with Crippen molar-refractivity contribution in [3.05, 3.63) is 78.3 Å². The maximum Gasteiger partial charge on any atom is 0.278 e. The molecule has 2 amide bonds. The monoisotopic (exact) mass is 380 g/mol. The third-order valence-electron chi connectivity index (χ3n) is 4.21. The normalized spacial score (nSPS) is 13.9. The molecule has 144 valence electrons. The summed E-state index contributed by atoms with van der Waals surface area (Å²) in [6, 6.07) is 12.6. The predicted octanol–water partition coefficient (Wildman–Crippen LogP) is 3.99. The molecule has 0 atom stereocenters. The lowest BCUT2D eigenvalue weighted by atomic mass is 10.0. The first-order valence-electron chi connectivity index (χ1n) is 9.02. The molecule has 6 heteroatoms. The van der Waals surface area contributed by atoms with Gasteiger partial charge in [-0.1, -0.05) is 25.1 Å². The number of anilines is 1. The second kappa shape index (κ2) is 8.52. The molecule has 1 aliphatic rings. The Morgan fingerprint density at radius 2 is 1.75 bits per heavy atom.